The van der Waals surface area contributed by atoms with Crippen LogP contribution in [-0.2, 0) is 4.74 Å². The van der Waals surface area contributed by atoms with Crippen molar-refractivity contribution in [2.24, 2.45) is 0 Å². The summed E-state index contributed by atoms with van der Waals surface area (Å²) in [4.78, 5) is 25.9. The molecule has 1 amide bonds. The highest BCUT2D eigenvalue weighted by atomic mass is 35.5. The van der Waals surface area contributed by atoms with Gasteiger partial charge >= 0.3 is 5.69 Å². The number of ether oxygens (including phenoxy) is 1. The van der Waals surface area contributed by atoms with Crippen LogP contribution < -0.4 is 5.32 Å². The summed E-state index contributed by atoms with van der Waals surface area (Å²) in [6.07, 6.45) is 2.85. The maximum atomic E-state index is 12.0. The summed E-state index contributed by atoms with van der Waals surface area (Å²) in [6.45, 7) is 2.55. The Kier molecular flexibility index (Phi) is 4.51. The van der Waals surface area contributed by atoms with E-state index in [1.807, 2.05) is 6.92 Å². The van der Waals surface area contributed by atoms with Gasteiger partial charge in [0.05, 0.1) is 11.0 Å². The van der Waals surface area contributed by atoms with Crippen LogP contribution in [0, 0.1) is 10.1 Å². The lowest BCUT2D eigenvalue weighted by molar-refractivity contribution is -0.385. The van der Waals surface area contributed by atoms with Crippen LogP contribution >= 0.6 is 11.6 Å². The molecule has 8 heteroatoms. The van der Waals surface area contributed by atoms with Crippen LogP contribution in [0.2, 0.25) is 5.15 Å². The normalized spacial score (nSPS) is 21.1. The molecule has 0 saturated heterocycles. The molecule has 0 bridgehead atoms. The van der Waals surface area contributed by atoms with Crippen molar-refractivity contribution in [1.82, 2.24) is 10.3 Å². The Hall–Kier alpha value is -1.73. The minimum atomic E-state index is -0.700. The van der Waals surface area contributed by atoms with E-state index in [1.165, 1.54) is 12.3 Å². The first-order valence-corrected chi connectivity index (χ1v) is 6.62. The number of rotatable bonds is 5. The number of amides is 1. The van der Waals surface area contributed by atoms with E-state index in [4.69, 9.17) is 16.3 Å². The number of halogens is 1. The first-order valence-electron chi connectivity index (χ1n) is 6.24. The van der Waals surface area contributed by atoms with Gasteiger partial charge in [-0.3, -0.25) is 14.9 Å². The van der Waals surface area contributed by atoms with Crippen molar-refractivity contribution < 1.29 is 14.5 Å². The van der Waals surface area contributed by atoms with Crippen LogP contribution in [0.5, 0.6) is 0 Å². The van der Waals surface area contributed by atoms with E-state index < -0.39 is 16.5 Å². The summed E-state index contributed by atoms with van der Waals surface area (Å²) in [6, 6.07) is 1.27. The summed E-state index contributed by atoms with van der Waals surface area (Å²) in [5.74, 6) is -0.513. The van der Waals surface area contributed by atoms with Gasteiger partial charge in [0.1, 0.15) is 5.56 Å². The van der Waals surface area contributed by atoms with Crippen molar-refractivity contribution in [2.75, 3.05) is 6.61 Å². The summed E-state index contributed by atoms with van der Waals surface area (Å²) in [7, 11) is 0. The lowest BCUT2D eigenvalue weighted by atomic mass is 9.89. The fourth-order valence-electron chi connectivity index (χ4n) is 2.10. The molecule has 1 aromatic heterocycles. The third-order valence-electron chi connectivity index (χ3n) is 3.14. The first-order chi connectivity index (χ1) is 9.52. The molecule has 0 spiro atoms. The average Bonchev–Trinajstić information content (AvgIpc) is 2.35. The van der Waals surface area contributed by atoms with Crippen molar-refractivity contribution in [3.63, 3.8) is 0 Å². The SMILES string of the molecule is CCOC1CC(NC(=O)c2ccnc(Cl)c2[N+](=O)[O-])C1. The van der Waals surface area contributed by atoms with Crippen molar-refractivity contribution in [1.29, 1.82) is 0 Å². The highest BCUT2D eigenvalue weighted by Gasteiger charge is 2.33. The van der Waals surface area contributed by atoms with Gasteiger partial charge in [-0.2, -0.15) is 0 Å². The quantitative estimate of drug-likeness (QED) is 0.509. The van der Waals surface area contributed by atoms with Crippen LogP contribution in [0.4, 0.5) is 5.69 Å². The third-order valence-corrected chi connectivity index (χ3v) is 3.42. The number of hydrogen-bond acceptors (Lipinski definition) is 5. The van der Waals surface area contributed by atoms with Gasteiger partial charge < -0.3 is 10.1 Å². The summed E-state index contributed by atoms with van der Waals surface area (Å²) in [5, 5.41) is 13.4. The summed E-state index contributed by atoms with van der Waals surface area (Å²) in [5.41, 5.74) is -0.540. The number of carbonyl (C=O) groups excluding carboxylic acids is 1. The molecule has 0 unspecified atom stereocenters. The van der Waals surface area contributed by atoms with E-state index in [0.29, 0.717) is 19.4 Å². The Morgan fingerprint density at radius 2 is 2.35 bits per heavy atom. The molecule has 1 fully saturated rings. The molecule has 1 saturated carbocycles. The van der Waals surface area contributed by atoms with E-state index >= 15 is 0 Å². The molecule has 0 aromatic carbocycles. The van der Waals surface area contributed by atoms with Crippen LogP contribution in [0.15, 0.2) is 12.3 Å². The van der Waals surface area contributed by atoms with Crippen LogP contribution in [0.25, 0.3) is 0 Å². The summed E-state index contributed by atoms with van der Waals surface area (Å²) >= 11 is 5.66. The molecule has 1 aliphatic rings. The van der Waals surface area contributed by atoms with Crippen molar-refractivity contribution in [2.45, 2.75) is 31.9 Å². The number of nitrogens with one attached hydrogen (secondary N) is 1. The maximum absolute atomic E-state index is 12.0. The fraction of sp³-hybridized carbons (Fsp3) is 0.500. The lowest BCUT2D eigenvalue weighted by Crippen LogP contribution is -2.47. The number of carbonyl (C=O) groups is 1. The number of aromatic nitrogens is 1. The Morgan fingerprint density at radius 3 is 2.95 bits per heavy atom. The third kappa shape index (κ3) is 3.05. The second-order valence-electron chi connectivity index (χ2n) is 4.47. The molecule has 1 aromatic rings. The van der Waals surface area contributed by atoms with Gasteiger partial charge in [0.2, 0.25) is 5.15 Å². The monoisotopic (exact) mass is 299 g/mol. The molecule has 0 radical (unpaired) electrons. The summed E-state index contributed by atoms with van der Waals surface area (Å²) < 4.78 is 5.39. The molecular formula is C12H14ClN3O4. The molecule has 2 rings (SSSR count). The molecule has 0 aliphatic heterocycles. The zero-order valence-corrected chi connectivity index (χ0v) is 11.6. The molecule has 20 heavy (non-hydrogen) atoms. The van der Waals surface area contributed by atoms with E-state index in [1.54, 1.807) is 0 Å². The molecule has 1 N–H and O–H groups in total. The van der Waals surface area contributed by atoms with Crippen molar-refractivity contribution >= 4 is 23.2 Å². The van der Waals surface area contributed by atoms with Crippen molar-refractivity contribution in [3.05, 3.63) is 33.1 Å². The molecule has 1 heterocycles. The van der Waals surface area contributed by atoms with Crippen LogP contribution in [0.3, 0.4) is 0 Å². The Morgan fingerprint density at radius 1 is 1.65 bits per heavy atom. The lowest BCUT2D eigenvalue weighted by Gasteiger charge is -2.35. The van der Waals surface area contributed by atoms with E-state index in [2.05, 4.69) is 10.3 Å². The zero-order chi connectivity index (χ0) is 14.7. The van der Waals surface area contributed by atoms with E-state index in [-0.39, 0.29) is 22.9 Å². The van der Waals surface area contributed by atoms with Crippen molar-refractivity contribution in [3.8, 4) is 0 Å². The Balaban J connectivity index is 2.04. The van der Waals surface area contributed by atoms with Gasteiger partial charge in [0.15, 0.2) is 0 Å². The van der Waals surface area contributed by atoms with E-state index in [9.17, 15) is 14.9 Å². The van der Waals surface area contributed by atoms with Gasteiger partial charge in [-0.1, -0.05) is 11.6 Å². The largest absolute Gasteiger partial charge is 0.378 e. The minimum Gasteiger partial charge on any atom is -0.378 e. The second kappa shape index (κ2) is 6.15. The highest BCUT2D eigenvalue weighted by molar-refractivity contribution is 6.32. The number of hydrogen-bond donors (Lipinski definition) is 1. The molecule has 0 atom stereocenters. The molecule has 7 nitrogen and oxygen atoms in total. The van der Waals surface area contributed by atoms with Crippen LogP contribution in [0.1, 0.15) is 30.1 Å². The highest BCUT2D eigenvalue weighted by Crippen LogP contribution is 2.28. The zero-order valence-electron chi connectivity index (χ0n) is 10.8. The average molecular weight is 300 g/mol. The predicted molar refractivity (Wildman–Crippen MR) is 71.8 cm³/mol. The first kappa shape index (κ1) is 14.7. The van der Waals surface area contributed by atoms with Gasteiger partial charge in [0, 0.05) is 18.8 Å². The fourth-order valence-corrected chi connectivity index (χ4v) is 2.33. The topological polar surface area (TPSA) is 94.4 Å². The molecule has 108 valence electrons. The number of nitrogens with zero attached hydrogens (tertiary/aromatic N) is 2. The minimum absolute atomic E-state index is 0.0226. The van der Waals surface area contributed by atoms with Gasteiger partial charge in [0.25, 0.3) is 5.91 Å². The molecular weight excluding hydrogens is 286 g/mol. The van der Waals surface area contributed by atoms with Gasteiger partial charge in [-0.05, 0) is 25.8 Å². The predicted octanol–water partition coefficient (Wildman–Crippen LogP) is 1.94. The van der Waals surface area contributed by atoms with Gasteiger partial charge in [-0.15, -0.1) is 0 Å². The second-order valence-corrected chi connectivity index (χ2v) is 4.83. The van der Waals surface area contributed by atoms with E-state index in [0.717, 1.165) is 0 Å². The number of pyridine rings is 1. The molecule has 1 aliphatic carbocycles. The van der Waals surface area contributed by atoms with Gasteiger partial charge in [-0.25, -0.2) is 4.98 Å². The maximum Gasteiger partial charge on any atom is 0.319 e. The Bertz CT molecular complexity index is 531. The number of nitro groups is 1. The van der Waals surface area contributed by atoms with Crippen LogP contribution in [-0.4, -0.2) is 34.6 Å². The standard InChI is InChI=1S/C12H14ClN3O4/c1-2-20-8-5-7(6-8)15-12(17)9-3-4-14-11(13)10(9)16(18)19/h3-4,7-8H,2,5-6H2,1H3,(H,15,17). The Labute approximate surface area is 120 Å². The smallest absolute Gasteiger partial charge is 0.319 e.